The van der Waals surface area contributed by atoms with Gasteiger partial charge in [-0.05, 0) is 49.8 Å². The van der Waals surface area contributed by atoms with E-state index in [1.807, 2.05) is 13.8 Å². The van der Waals surface area contributed by atoms with Gasteiger partial charge in [0.2, 0.25) is 88.6 Å². The molecule has 0 unspecified atom stereocenters. The van der Waals surface area contributed by atoms with Gasteiger partial charge in [0, 0.05) is 140 Å². The van der Waals surface area contributed by atoms with Gasteiger partial charge in [0.25, 0.3) is 0 Å². The largest absolute Gasteiger partial charge is 0.445 e. The van der Waals surface area contributed by atoms with E-state index in [4.69, 9.17) is 10.5 Å². The van der Waals surface area contributed by atoms with Crippen LogP contribution in [0.1, 0.15) is 98.2 Å². The minimum absolute atomic E-state index is 0.0570. The standard InChI is InChI=1S/C72H115N21O20/c1-45(2)53(94)21-19-30-76-72(112)113-44-49-22-24-50(25-23-49)78-69(109)52(20-18-29-75-71(73)111)79-70(110)67(46(3)4)80-56(97)34-93-32-51(81-82-93)26-27-54(95)74-31-28-57(98)84(9)35-59(100)86(11)37-61(102)88(13)39-63(104)90(15)41-65(106)92(17)43-66(107)91(16)42-64(105)89(14)40-62(103)87(12)38-60(101)85(10)36-58(99)83(8)33-55(96)77-48(7)68(108)47(5)6/h22-25,32,45-48,52,67H,18-21,26-31,33-44H2,1-17H3,(H,74,95)(H,76,112)(H,77,96)(H,78,109)(H,79,110)(H,80,97)(H3,73,75,111)/t48-,52-,67-/m0/s1. The predicted molar refractivity (Wildman–Crippen MR) is 408 cm³/mol. The number of carbonyl (C=O) groups excluding carboxylic acids is 19. The Kier molecular flexibility index (Phi) is 42.1. The first-order valence-corrected chi connectivity index (χ1v) is 36.6. The topological polar surface area (TPSA) is 507 Å². The molecule has 0 aliphatic heterocycles. The molecule has 9 N–H and O–H groups in total. The average molecular weight is 1590 g/mol. The van der Waals surface area contributed by atoms with Crippen LogP contribution in [0.5, 0.6) is 0 Å². The van der Waals surface area contributed by atoms with Crippen molar-refractivity contribution in [3.05, 3.63) is 41.7 Å². The zero-order valence-corrected chi connectivity index (χ0v) is 68.0. The monoisotopic (exact) mass is 1590 g/mol. The number of nitrogens with two attached hydrogens (primary N) is 1. The summed E-state index contributed by atoms with van der Waals surface area (Å²) >= 11 is 0. The van der Waals surface area contributed by atoms with Crippen LogP contribution in [0, 0.1) is 17.8 Å². The third kappa shape index (κ3) is 37.2. The van der Waals surface area contributed by atoms with Crippen molar-refractivity contribution in [1.29, 1.82) is 0 Å². The van der Waals surface area contributed by atoms with E-state index in [-0.39, 0.29) is 94.8 Å². The molecule has 0 aliphatic carbocycles. The quantitative estimate of drug-likeness (QED) is 0.0293. The van der Waals surface area contributed by atoms with E-state index in [0.717, 1.165) is 49.0 Å². The van der Waals surface area contributed by atoms with Gasteiger partial charge in [0.1, 0.15) is 31.0 Å². The maximum absolute atomic E-state index is 13.8. The van der Waals surface area contributed by atoms with Gasteiger partial charge in [-0.25, -0.2) is 14.3 Å². The molecule has 0 saturated carbocycles. The summed E-state index contributed by atoms with van der Waals surface area (Å²) < 4.78 is 6.46. The summed E-state index contributed by atoms with van der Waals surface area (Å²) in [6.07, 6.45) is 1.67. The lowest BCUT2D eigenvalue weighted by molar-refractivity contribution is -0.146. The Hall–Kier alpha value is -11.7. The minimum Gasteiger partial charge on any atom is -0.445 e. The number of alkyl carbamates (subject to hydrolysis) is 1. The molecule has 0 aliphatic rings. The lowest BCUT2D eigenvalue weighted by Crippen LogP contribution is -2.55. The molecule has 0 bridgehead atoms. The van der Waals surface area contributed by atoms with Crippen molar-refractivity contribution in [1.82, 2.24) is 95.9 Å². The molecule has 628 valence electrons. The molecule has 1 aromatic carbocycles. The molecule has 0 radical (unpaired) electrons. The summed E-state index contributed by atoms with van der Waals surface area (Å²) in [6, 6.07) is 2.60. The number of hydrogen-bond donors (Lipinski definition) is 8. The number of anilines is 1. The van der Waals surface area contributed by atoms with Crippen molar-refractivity contribution in [3.63, 3.8) is 0 Å². The Labute approximate surface area is 658 Å². The summed E-state index contributed by atoms with van der Waals surface area (Å²) in [7, 11) is 13.2. The van der Waals surface area contributed by atoms with E-state index in [1.54, 1.807) is 52.0 Å². The van der Waals surface area contributed by atoms with Crippen molar-refractivity contribution in [2.45, 2.75) is 125 Å². The Morgan fingerprint density at radius 1 is 0.442 bits per heavy atom. The second-order valence-electron chi connectivity index (χ2n) is 28.5. The molecule has 3 atom stereocenters. The fraction of sp³-hybridized carbons (Fsp3) is 0.625. The number of nitrogens with zero attached hydrogens (tertiary/aromatic N) is 13. The van der Waals surface area contributed by atoms with Gasteiger partial charge < -0.3 is 96.7 Å². The lowest BCUT2D eigenvalue weighted by atomic mass is 10.0. The fourth-order valence-corrected chi connectivity index (χ4v) is 10.0. The van der Waals surface area contributed by atoms with Crippen LogP contribution in [-0.2, 0) is 106 Å². The predicted octanol–water partition coefficient (Wildman–Crippen LogP) is -4.02. The number of carbonyl (C=O) groups is 19. The summed E-state index contributed by atoms with van der Waals surface area (Å²) in [5, 5.41) is 26.3. The van der Waals surface area contributed by atoms with Gasteiger partial charge in [-0.15, -0.1) is 5.10 Å². The molecule has 18 amide bonds. The van der Waals surface area contributed by atoms with E-state index in [9.17, 15) is 91.1 Å². The first kappa shape index (κ1) is 97.4. The molecule has 0 fully saturated rings. The maximum Gasteiger partial charge on any atom is 0.407 e. The van der Waals surface area contributed by atoms with E-state index in [2.05, 4.69) is 47.5 Å². The maximum atomic E-state index is 13.8. The average Bonchev–Trinajstić information content (AvgIpc) is 1.20. The number of likely N-dealkylation sites (N-methyl/N-ethyl adjacent to an activating group) is 10. The highest BCUT2D eigenvalue weighted by molar-refractivity contribution is 5.99. The van der Waals surface area contributed by atoms with Gasteiger partial charge in [-0.1, -0.05) is 58.9 Å². The van der Waals surface area contributed by atoms with E-state index in [1.165, 1.54) is 88.3 Å². The van der Waals surface area contributed by atoms with Gasteiger partial charge >= 0.3 is 12.1 Å². The number of nitrogens with one attached hydrogen (secondary N) is 7. The molecule has 2 rings (SSSR count). The van der Waals surface area contributed by atoms with Crippen LogP contribution in [0.3, 0.4) is 0 Å². The Morgan fingerprint density at radius 2 is 0.867 bits per heavy atom. The van der Waals surface area contributed by atoms with Crippen LogP contribution in [0.4, 0.5) is 15.3 Å². The molecule has 1 heterocycles. The van der Waals surface area contributed by atoms with Crippen LogP contribution in [0.2, 0.25) is 0 Å². The number of Topliss-reactive ketones (excluding diaryl/α,β-unsaturated/α-hetero) is 2. The van der Waals surface area contributed by atoms with Crippen LogP contribution in [-0.4, -0.2) is 350 Å². The number of urea groups is 1. The number of primary amides is 1. The fourth-order valence-electron chi connectivity index (χ4n) is 10.0. The zero-order chi connectivity index (χ0) is 85.7. The molecular weight excluding hydrogens is 1480 g/mol. The van der Waals surface area contributed by atoms with Crippen LogP contribution < -0.4 is 43.0 Å². The Bertz CT molecular complexity index is 3680. The SMILES string of the molecule is CC(C)C(=O)CCCNC(=O)OCc1ccc(NC(=O)[C@H](CCCNC(N)=O)NC(=O)[C@@H](NC(=O)Cn2cc(CCC(=O)NCCC(=O)N(C)CC(=O)N(C)CC(=O)N(C)CC(=O)N(C)CC(=O)N(C)CC(=O)N(C)CC(=O)N(C)CC(=O)N(C)CC(=O)N(C)CC(=O)N(C)CC(=O)N[C@@H](C)C(=O)C(C)C)nn2)C(C)C)cc1. The van der Waals surface area contributed by atoms with Gasteiger partial charge in [-0.2, -0.15) is 0 Å². The van der Waals surface area contributed by atoms with Crippen molar-refractivity contribution in [3.8, 4) is 0 Å². The molecule has 41 heteroatoms. The van der Waals surface area contributed by atoms with Crippen LogP contribution in [0.25, 0.3) is 0 Å². The van der Waals surface area contributed by atoms with Gasteiger partial charge in [0.05, 0.1) is 77.2 Å². The van der Waals surface area contributed by atoms with Gasteiger partial charge in [-0.3, -0.25) is 81.5 Å². The first-order chi connectivity index (χ1) is 52.8. The number of rotatable bonds is 48. The van der Waals surface area contributed by atoms with Gasteiger partial charge in [0.15, 0.2) is 5.78 Å². The van der Waals surface area contributed by atoms with Crippen molar-refractivity contribution >= 4 is 118 Å². The number of ketones is 2. The number of amides is 18. The number of ether oxygens (including phenoxy) is 1. The second-order valence-corrected chi connectivity index (χ2v) is 28.5. The Balaban J connectivity index is 1.79. The summed E-state index contributed by atoms with van der Waals surface area (Å²) in [4.78, 5) is 254. The molecule has 113 heavy (non-hydrogen) atoms. The summed E-state index contributed by atoms with van der Waals surface area (Å²) in [6.45, 7) is 6.98. The van der Waals surface area contributed by atoms with Crippen LogP contribution >= 0.6 is 0 Å². The molecular formula is C72H115N21O20. The highest BCUT2D eigenvalue weighted by Gasteiger charge is 2.32. The lowest BCUT2D eigenvalue weighted by Gasteiger charge is -2.27. The minimum atomic E-state index is -1.14. The second kappa shape index (κ2) is 48.8. The van der Waals surface area contributed by atoms with Crippen molar-refractivity contribution < 1.29 is 95.8 Å². The van der Waals surface area contributed by atoms with E-state index in [0.29, 0.717) is 29.8 Å². The third-order valence-electron chi connectivity index (χ3n) is 17.5. The van der Waals surface area contributed by atoms with Crippen molar-refractivity contribution in [2.24, 2.45) is 23.5 Å². The molecule has 2 aromatic rings. The summed E-state index contributed by atoms with van der Waals surface area (Å²) in [5.74, 6) is -10.3. The molecule has 0 spiro atoms. The number of benzene rings is 1. The first-order valence-electron chi connectivity index (χ1n) is 36.6. The van der Waals surface area contributed by atoms with E-state index >= 15 is 0 Å². The number of aryl methyl sites for hydroxylation is 1. The molecule has 1 aromatic heterocycles. The summed E-state index contributed by atoms with van der Waals surface area (Å²) in [5.41, 5.74) is 6.51. The number of aromatic nitrogens is 3. The highest BCUT2D eigenvalue weighted by Crippen LogP contribution is 2.14. The smallest absolute Gasteiger partial charge is 0.407 e. The zero-order valence-electron chi connectivity index (χ0n) is 68.0. The van der Waals surface area contributed by atoms with Crippen LogP contribution in [0.15, 0.2) is 30.5 Å². The third-order valence-corrected chi connectivity index (χ3v) is 17.5. The Morgan fingerprint density at radius 3 is 1.28 bits per heavy atom. The highest BCUT2D eigenvalue weighted by atomic mass is 16.5. The van der Waals surface area contributed by atoms with E-state index < -0.39 is 184 Å². The van der Waals surface area contributed by atoms with Crippen molar-refractivity contribution in [2.75, 3.05) is 161 Å². The molecule has 0 saturated heterocycles. The molecule has 41 nitrogen and oxygen atoms in total. The normalized spacial score (nSPS) is 11.6. The number of hydrogen-bond acceptors (Lipinski definition) is 22.